The summed E-state index contributed by atoms with van der Waals surface area (Å²) in [6.07, 6.45) is 3.01. The van der Waals surface area contributed by atoms with E-state index in [9.17, 15) is 13.2 Å². The van der Waals surface area contributed by atoms with Gasteiger partial charge in [-0.2, -0.15) is 5.10 Å². The van der Waals surface area contributed by atoms with Crippen LogP contribution in [0.25, 0.3) is 5.69 Å². The molecule has 0 bridgehead atoms. The molecule has 0 saturated carbocycles. The van der Waals surface area contributed by atoms with Crippen LogP contribution in [0.2, 0.25) is 5.02 Å². The molecule has 8 heteroatoms. The van der Waals surface area contributed by atoms with Crippen molar-refractivity contribution in [2.45, 2.75) is 11.8 Å². The van der Waals surface area contributed by atoms with Crippen molar-refractivity contribution in [3.8, 4) is 5.69 Å². The molecule has 1 heterocycles. The molecule has 0 aliphatic heterocycles. The number of nitrogens with zero attached hydrogens (tertiary/aromatic N) is 2. The fourth-order valence-corrected chi connectivity index (χ4v) is 3.45. The summed E-state index contributed by atoms with van der Waals surface area (Å²) < 4.78 is 25.5. The number of nitrogens with one attached hydrogen (secondary N) is 1. The van der Waals surface area contributed by atoms with Crippen molar-refractivity contribution in [1.82, 2.24) is 9.78 Å². The lowest BCUT2D eigenvalue weighted by molar-refractivity contribution is 0.102. The highest BCUT2D eigenvalue weighted by molar-refractivity contribution is 7.91. The van der Waals surface area contributed by atoms with Crippen LogP contribution < -0.4 is 5.32 Å². The second kappa shape index (κ2) is 7.31. The van der Waals surface area contributed by atoms with E-state index in [4.69, 9.17) is 11.6 Å². The van der Waals surface area contributed by atoms with Gasteiger partial charge in [-0.15, -0.1) is 0 Å². The van der Waals surface area contributed by atoms with E-state index in [1.54, 1.807) is 48.1 Å². The van der Waals surface area contributed by atoms with Crippen LogP contribution in [0.3, 0.4) is 0 Å². The fourth-order valence-electron chi connectivity index (χ4n) is 2.34. The molecule has 1 N–H and O–H groups in total. The quantitative estimate of drug-likeness (QED) is 0.723. The molecule has 0 fully saturated rings. The van der Waals surface area contributed by atoms with Crippen LogP contribution in [0.4, 0.5) is 5.69 Å². The van der Waals surface area contributed by atoms with E-state index >= 15 is 0 Å². The third kappa shape index (κ3) is 3.95. The van der Waals surface area contributed by atoms with Gasteiger partial charge in [0, 0.05) is 16.9 Å². The molecule has 3 rings (SSSR count). The topological polar surface area (TPSA) is 81.1 Å². The van der Waals surface area contributed by atoms with Crippen LogP contribution in [0.15, 0.2) is 65.8 Å². The van der Waals surface area contributed by atoms with E-state index in [1.807, 2.05) is 6.07 Å². The van der Waals surface area contributed by atoms with Gasteiger partial charge in [0.15, 0.2) is 9.84 Å². The Labute approximate surface area is 156 Å². The molecule has 3 aromatic rings. The first kappa shape index (κ1) is 18.2. The molecule has 1 aromatic heterocycles. The van der Waals surface area contributed by atoms with Crippen LogP contribution in [0.1, 0.15) is 17.3 Å². The highest BCUT2D eigenvalue weighted by atomic mass is 35.5. The number of hydrogen-bond acceptors (Lipinski definition) is 4. The molecular weight excluding hydrogens is 374 g/mol. The summed E-state index contributed by atoms with van der Waals surface area (Å²) in [5.41, 5.74) is 1.47. The minimum absolute atomic E-state index is 0.00317. The number of hydrogen-bond donors (Lipinski definition) is 1. The standard InChI is InChI=1S/C18H16ClN3O3S/c1-2-26(24,25)17-8-4-6-15(10-17)21-18(23)13-11-20-22(12-13)16-7-3-5-14(19)9-16/h3-12H,2H2,1H3,(H,21,23). The first-order valence-electron chi connectivity index (χ1n) is 7.84. The Bertz CT molecular complexity index is 1060. The van der Waals surface area contributed by atoms with Crippen molar-refractivity contribution in [2.24, 2.45) is 0 Å². The van der Waals surface area contributed by atoms with Crippen molar-refractivity contribution >= 4 is 33.0 Å². The molecule has 0 atom stereocenters. The van der Waals surface area contributed by atoms with Gasteiger partial charge < -0.3 is 5.32 Å². The van der Waals surface area contributed by atoms with Crippen molar-refractivity contribution in [2.75, 3.05) is 11.1 Å². The van der Waals surface area contributed by atoms with Crippen molar-refractivity contribution in [1.29, 1.82) is 0 Å². The number of amides is 1. The van der Waals surface area contributed by atoms with Gasteiger partial charge in [-0.1, -0.05) is 30.7 Å². The van der Waals surface area contributed by atoms with Gasteiger partial charge in [0.2, 0.25) is 0 Å². The molecule has 0 saturated heterocycles. The van der Waals surface area contributed by atoms with Crippen LogP contribution >= 0.6 is 11.6 Å². The Morgan fingerprint density at radius 1 is 1.19 bits per heavy atom. The van der Waals surface area contributed by atoms with E-state index in [1.165, 1.54) is 18.3 Å². The lowest BCUT2D eigenvalue weighted by Crippen LogP contribution is -2.12. The third-order valence-corrected chi connectivity index (χ3v) is 5.72. The summed E-state index contributed by atoms with van der Waals surface area (Å²) >= 11 is 5.97. The van der Waals surface area contributed by atoms with Gasteiger partial charge in [0.1, 0.15) is 0 Å². The van der Waals surface area contributed by atoms with E-state index in [2.05, 4.69) is 10.4 Å². The number of benzene rings is 2. The summed E-state index contributed by atoms with van der Waals surface area (Å²) in [5.74, 6) is -0.388. The van der Waals surface area contributed by atoms with Gasteiger partial charge in [-0.3, -0.25) is 4.79 Å². The van der Waals surface area contributed by atoms with Crippen LogP contribution in [-0.4, -0.2) is 29.9 Å². The molecule has 0 spiro atoms. The number of anilines is 1. The molecule has 26 heavy (non-hydrogen) atoms. The van der Waals surface area contributed by atoms with Gasteiger partial charge in [-0.05, 0) is 36.4 Å². The van der Waals surface area contributed by atoms with Crippen molar-refractivity contribution < 1.29 is 13.2 Å². The minimum atomic E-state index is -3.34. The Morgan fingerprint density at radius 2 is 1.96 bits per heavy atom. The fraction of sp³-hybridized carbons (Fsp3) is 0.111. The Balaban J connectivity index is 1.80. The molecule has 134 valence electrons. The smallest absolute Gasteiger partial charge is 0.258 e. The third-order valence-electron chi connectivity index (χ3n) is 3.75. The molecular formula is C18H16ClN3O3S. The summed E-state index contributed by atoms with van der Waals surface area (Å²) in [5, 5.41) is 7.42. The van der Waals surface area contributed by atoms with Crippen LogP contribution in [0, 0.1) is 0 Å². The number of carbonyl (C=O) groups excluding carboxylic acids is 1. The zero-order valence-electron chi connectivity index (χ0n) is 13.9. The number of halogens is 1. The zero-order chi connectivity index (χ0) is 18.7. The first-order chi connectivity index (χ1) is 12.4. The number of sulfone groups is 1. The van der Waals surface area contributed by atoms with Gasteiger partial charge in [0.05, 0.1) is 28.1 Å². The maximum atomic E-state index is 12.4. The van der Waals surface area contributed by atoms with Crippen LogP contribution in [0.5, 0.6) is 0 Å². The summed E-state index contributed by atoms with van der Waals surface area (Å²) in [6, 6.07) is 13.3. The van der Waals surface area contributed by atoms with Gasteiger partial charge >= 0.3 is 0 Å². The van der Waals surface area contributed by atoms with E-state index in [0.29, 0.717) is 16.3 Å². The zero-order valence-corrected chi connectivity index (χ0v) is 15.5. The summed E-state index contributed by atoms with van der Waals surface area (Å²) in [4.78, 5) is 12.6. The lowest BCUT2D eigenvalue weighted by Gasteiger charge is -2.06. The second-order valence-electron chi connectivity index (χ2n) is 5.54. The van der Waals surface area contributed by atoms with Crippen molar-refractivity contribution in [3.63, 3.8) is 0 Å². The maximum absolute atomic E-state index is 12.4. The molecule has 0 unspecified atom stereocenters. The largest absolute Gasteiger partial charge is 0.322 e. The van der Waals surface area contributed by atoms with Crippen molar-refractivity contribution in [3.05, 3.63) is 71.5 Å². The van der Waals surface area contributed by atoms with E-state index in [0.717, 1.165) is 5.69 Å². The summed E-state index contributed by atoms with van der Waals surface area (Å²) in [6.45, 7) is 1.57. The Hall–Kier alpha value is -2.64. The first-order valence-corrected chi connectivity index (χ1v) is 9.87. The maximum Gasteiger partial charge on any atom is 0.258 e. The Kier molecular flexibility index (Phi) is 5.11. The normalized spacial score (nSPS) is 11.3. The van der Waals surface area contributed by atoms with Crippen LogP contribution in [-0.2, 0) is 9.84 Å². The molecule has 6 nitrogen and oxygen atoms in total. The van der Waals surface area contributed by atoms with E-state index < -0.39 is 9.84 Å². The SMILES string of the molecule is CCS(=O)(=O)c1cccc(NC(=O)c2cnn(-c3cccc(Cl)c3)c2)c1. The lowest BCUT2D eigenvalue weighted by atomic mass is 10.3. The number of aromatic nitrogens is 2. The second-order valence-corrected chi connectivity index (χ2v) is 8.25. The monoisotopic (exact) mass is 389 g/mol. The molecule has 0 aliphatic rings. The summed E-state index contributed by atoms with van der Waals surface area (Å²) in [7, 11) is -3.34. The molecule has 2 aromatic carbocycles. The number of carbonyl (C=O) groups is 1. The predicted octanol–water partition coefficient (Wildman–Crippen LogP) is 3.57. The predicted molar refractivity (Wildman–Crippen MR) is 101 cm³/mol. The molecule has 0 aliphatic carbocycles. The van der Waals surface area contributed by atoms with Gasteiger partial charge in [0.25, 0.3) is 5.91 Å². The minimum Gasteiger partial charge on any atom is -0.322 e. The average Bonchev–Trinajstić information content (AvgIpc) is 3.12. The molecule has 1 amide bonds. The molecule has 0 radical (unpaired) electrons. The Morgan fingerprint density at radius 3 is 2.69 bits per heavy atom. The van der Waals surface area contributed by atoms with E-state index in [-0.39, 0.29) is 16.6 Å². The highest BCUT2D eigenvalue weighted by Crippen LogP contribution is 2.18. The number of rotatable bonds is 5. The van der Waals surface area contributed by atoms with Gasteiger partial charge in [-0.25, -0.2) is 13.1 Å². The highest BCUT2D eigenvalue weighted by Gasteiger charge is 2.14. The average molecular weight is 390 g/mol.